The zero-order valence-corrected chi connectivity index (χ0v) is 16.0. The van der Waals surface area contributed by atoms with Crippen LogP contribution in [0.25, 0.3) is 0 Å². The quantitative estimate of drug-likeness (QED) is 0.724. The minimum Gasteiger partial charge on any atom is -0.496 e. The first-order chi connectivity index (χ1) is 12.6. The molecule has 0 saturated heterocycles. The molecule has 6 heteroatoms. The Balaban J connectivity index is 1.63. The summed E-state index contributed by atoms with van der Waals surface area (Å²) < 4.78 is 5.41. The fourth-order valence-corrected chi connectivity index (χ4v) is 3.44. The van der Waals surface area contributed by atoms with Crippen LogP contribution in [0.3, 0.4) is 0 Å². The molecule has 1 amide bonds. The Morgan fingerprint density at radius 3 is 2.77 bits per heavy atom. The van der Waals surface area contributed by atoms with Crippen LogP contribution < -0.4 is 4.74 Å². The van der Waals surface area contributed by atoms with Crippen molar-refractivity contribution >= 4 is 23.4 Å². The lowest BCUT2D eigenvalue weighted by Gasteiger charge is -2.18. The Morgan fingerprint density at radius 1 is 1.31 bits per heavy atom. The summed E-state index contributed by atoms with van der Waals surface area (Å²) in [5.74, 6) is 0.706. The van der Waals surface area contributed by atoms with Crippen molar-refractivity contribution in [2.24, 2.45) is 5.16 Å². The first kappa shape index (κ1) is 18.3. The zero-order chi connectivity index (χ0) is 18.5. The summed E-state index contributed by atoms with van der Waals surface area (Å²) >= 11 is 1.63. The van der Waals surface area contributed by atoms with Crippen LogP contribution in [0.2, 0.25) is 0 Å². The Labute approximate surface area is 158 Å². The molecule has 1 aliphatic rings. The van der Waals surface area contributed by atoms with E-state index in [-0.39, 0.29) is 12.0 Å². The molecule has 2 aromatic rings. The van der Waals surface area contributed by atoms with Crippen LogP contribution in [-0.2, 0) is 16.2 Å². The number of methoxy groups -OCH3 is 1. The van der Waals surface area contributed by atoms with Crippen LogP contribution in [0, 0.1) is 0 Å². The molecule has 0 saturated carbocycles. The van der Waals surface area contributed by atoms with Crippen molar-refractivity contribution in [3.8, 4) is 5.75 Å². The largest absolute Gasteiger partial charge is 0.496 e. The van der Waals surface area contributed by atoms with E-state index in [1.807, 2.05) is 54.8 Å². The second-order valence-electron chi connectivity index (χ2n) is 6.10. The monoisotopic (exact) mass is 370 g/mol. The highest BCUT2D eigenvalue weighted by molar-refractivity contribution is 7.98. The lowest BCUT2D eigenvalue weighted by atomic mass is 10.0. The number of hydrogen-bond donors (Lipinski definition) is 0. The van der Waals surface area contributed by atoms with Crippen LogP contribution in [0.15, 0.2) is 58.6 Å². The molecular weight excluding hydrogens is 348 g/mol. The fourth-order valence-electron chi connectivity index (χ4n) is 2.90. The summed E-state index contributed by atoms with van der Waals surface area (Å²) in [5.41, 5.74) is 2.49. The number of benzene rings is 2. The van der Waals surface area contributed by atoms with Gasteiger partial charge in [-0.05, 0) is 29.5 Å². The first-order valence-electron chi connectivity index (χ1n) is 8.36. The Morgan fingerprint density at radius 2 is 2.08 bits per heavy atom. The molecule has 0 aromatic heterocycles. The van der Waals surface area contributed by atoms with Gasteiger partial charge >= 0.3 is 0 Å². The van der Waals surface area contributed by atoms with Crippen molar-refractivity contribution in [2.75, 3.05) is 20.4 Å². The SMILES string of the molecule is COc1cc(CN(C)C(=O)C2=NOC(c3ccccc3)C2)ccc1SC. The van der Waals surface area contributed by atoms with Crippen molar-refractivity contribution in [1.29, 1.82) is 0 Å². The molecule has 1 heterocycles. The number of carbonyl (C=O) groups is 1. The highest BCUT2D eigenvalue weighted by Gasteiger charge is 2.29. The second kappa shape index (κ2) is 8.27. The van der Waals surface area contributed by atoms with Gasteiger partial charge in [0.05, 0.1) is 7.11 Å². The molecule has 0 bridgehead atoms. The lowest BCUT2D eigenvalue weighted by Crippen LogP contribution is -2.32. The standard InChI is InChI=1S/C20H22N2O3S/c1-22(13-14-9-10-19(26-3)18(11-14)24-2)20(23)16-12-17(25-21-16)15-7-5-4-6-8-15/h4-11,17H,12-13H2,1-3H3. The van der Waals surface area contributed by atoms with E-state index < -0.39 is 0 Å². The minimum absolute atomic E-state index is 0.114. The number of ether oxygens (including phenoxy) is 1. The highest BCUT2D eigenvalue weighted by Crippen LogP contribution is 2.30. The van der Waals surface area contributed by atoms with Crippen LogP contribution >= 0.6 is 11.8 Å². The van der Waals surface area contributed by atoms with E-state index in [2.05, 4.69) is 5.16 Å². The van der Waals surface area contributed by atoms with Crippen LogP contribution in [0.5, 0.6) is 5.75 Å². The number of rotatable bonds is 6. The van der Waals surface area contributed by atoms with Crippen molar-refractivity contribution in [3.63, 3.8) is 0 Å². The molecule has 5 nitrogen and oxygen atoms in total. The summed E-state index contributed by atoms with van der Waals surface area (Å²) in [7, 11) is 3.43. The molecule has 0 fully saturated rings. The maximum absolute atomic E-state index is 12.7. The van der Waals surface area contributed by atoms with E-state index in [1.165, 1.54) is 0 Å². The summed E-state index contributed by atoms with van der Waals surface area (Å²) in [6, 6.07) is 15.8. The molecule has 1 aliphatic heterocycles. The molecule has 0 radical (unpaired) electrons. The topological polar surface area (TPSA) is 51.1 Å². The summed E-state index contributed by atoms with van der Waals surface area (Å²) in [6.07, 6.45) is 2.31. The molecule has 3 rings (SSSR count). The van der Waals surface area contributed by atoms with E-state index >= 15 is 0 Å². The van der Waals surface area contributed by atoms with Crippen molar-refractivity contribution in [2.45, 2.75) is 24.0 Å². The van der Waals surface area contributed by atoms with Crippen molar-refractivity contribution < 1.29 is 14.4 Å². The minimum atomic E-state index is -0.190. The average Bonchev–Trinajstić information content (AvgIpc) is 3.18. The van der Waals surface area contributed by atoms with Gasteiger partial charge in [0.2, 0.25) is 0 Å². The van der Waals surface area contributed by atoms with E-state index in [0.717, 1.165) is 21.8 Å². The Bertz CT molecular complexity index is 808. The van der Waals surface area contributed by atoms with Gasteiger partial charge in [-0.1, -0.05) is 41.6 Å². The maximum Gasteiger partial charge on any atom is 0.271 e. The van der Waals surface area contributed by atoms with E-state index in [1.54, 1.807) is 30.8 Å². The second-order valence-corrected chi connectivity index (χ2v) is 6.95. The lowest BCUT2D eigenvalue weighted by molar-refractivity contribution is -0.123. The van der Waals surface area contributed by atoms with Gasteiger partial charge in [0, 0.05) is 24.9 Å². The van der Waals surface area contributed by atoms with Gasteiger partial charge < -0.3 is 14.5 Å². The van der Waals surface area contributed by atoms with Gasteiger partial charge in [0.1, 0.15) is 11.5 Å². The third-order valence-electron chi connectivity index (χ3n) is 4.30. The van der Waals surface area contributed by atoms with E-state index in [0.29, 0.717) is 18.7 Å². The normalized spacial score (nSPS) is 16.0. The predicted molar refractivity (Wildman–Crippen MR) is 104 cm³/mol. The van der Waals surface area contributed by atoms with Gasteiger partial charge in [-0.2, -0.15) is 0 Å². The first-order valence-corrected chi connectivity index (χ1v) is 9.59. The number of thioether (sulfide) groups is 1. The molecule has 1 atom stereocenters. The number of hydrogen-bond acceptors (Lipinski definition) is 5. The molecule has 0 spiro atoms. The number of oxime groups is 1. The van der Waals surface area contributed by atoms with Crippen LogP contribution in [-0.4, -0.2) is 36.9 Å². The number of amides is 1. The third kappa shape index (κ3) is 4.02. The Kier molecular flexibility index (Phi) is 5.83. The Hall–Kier alpha value is -2.47. The number of nitrogens with zero attached hydrogens (tertiary/aromatic N) is 2. The van der Waals surface area contributed by atoms with Crippen LogP contribution in [0.4, 0.5) is 0 Å². The van der Waals surface area contributed by atoms with E-state index in [9.17, 15) is 4.79 Å². The van der Waals surface area contributed by atoms with Gasteiger partial charge in [0.15, 0.2) is 6.10 Å². The summed E-state index contributed by atoms with van der Waals surface area (Å²) in [4.78, 5) is 20.9. The average molecular weight is 370 g/mol. The van der Waals surface area contributed by atoms with Gasteiger partial charge in [-0.15, -0.1) is 11.8 Å². The maximum atomic E-state index is 12.7. The van der Waals surface area contributed by atoms with Crippen molar-refractivity contribution in [3.05, 3.63) is 59.7 Å². The molecule has 2 aromatic carbocycles. The number of carbonyl (C=O) groups excluding carboxylic acids is 1. The molecule has 26 heavy (non-hydrogen) atoms. The third-order valence-corrected chi connectivity index (χ3v) is 5.08. The van der Waals surface area contributed by atoms with Gasteiger partial charge in [-0.25, -0.2) is 0 Å². The van der Waals surface area contributed by atoms with Crippen molar-refractivity contribution in [1.82, 2.24) is 4.90 Å². The molecule has 0 N–H and O–H groups in total. The highest BCUT2D eigenvalue weighted by atomic mass is 32.2. The smallest absolute Gasteiger partial charge is 0.271 e. The van der Waals surface area contributed by atoms with Crippen LogP contribution in [0.1, 0.15) is 23.7 Å². The van der Waals surface area contributed by atoms with Gasteiger partial charge in [0.25, 0.3) is 5.91 Å². The molecule has 136 valence electrons. The zero-order valence-electron chi connectivity index (χ0n) is 15.1. The van der Waals surface area contributed by atoms with E-state index in [4.69, 9.17) is 9.57 Å². The molecule has 0 aliphatic carbocycles. The summed E-state index contributed by atoms with van der Waals surface area (Å²) in [6.45, 7) is 0.485. The molecular formula is C20H22N2O3S. The predicted octanol–water partition coefficient (Wildman–Crippen LogP) is 3.89. The summed E-state index contributed by atoms with van der Waals surface area (Å²) in [5, 5.41) is 4.01. The fraction of sp³-hybridized carbons (Fsp3) is 0.300. The van der Waals surface area contributed by atoms with Gasteiger partial charge in [-0.3, -0.25) is 4.79 Å². The molecule has 1 unspecified atom stereocenters.